The van der Waals surface area contributed by atoms with Gasteiger partial charge in [-0.15, -0.1) is 10.2 Å². The van der Waals surface area contributed by atoms with E-state index in [1.165, 1.54) is 28.6 Å². The van der Waals surface area contributed by atoms with Gasteiger partial charge in [0.2, 0.25) is 27.7 Å². The first-order chi connectivity index (χ1) is 18.8. The molecule has 1 aliphatic rings. The fourth-order valence-corrected chi connectivity index (χ4v) is 6.18. The molecule has 11 heteroatoms. The molecular formula is C28H27ClN4O5S. The summed E-state index contributed by atoms with van der Waals surface area (Å²) in [4.78, 5) is 13.0. The van der Waals surface area contributed by atoms with Gasteiger partial charge in [-0.3, -0.25) is 4.79 Å². The number of rotatable bonds is 8. The lowest BCUT2D eigenvalue weighted by molar-refractivity contribution is -0.124. The zero-order chi connectivity index (χ0) is 27.4. The van der Waals surface area contributed by atoms with Crippen LogP contribution in [-0.4, -0.2) is 48.5 Å². The smallest absolute Gasteiger partial charge is 0.248 e. The van der Waals surface area contributed by atoms with E-state index in [-0.39, 0.29) is 17.3 Å². The maximum atomic E-state index is 13.7. The van der Waals surface area contributed by atoms with Gasteiger partial charge in [0.15, 0.2) is 0 Å². The van der Waals surface area contributed by atoms with E-state index in [9.17, 15) is 13.2 Å². The normalized spacial score (nSPS) is 16.1. The van der Waals surface area contributed by atoms with Crippen LogP contribution in [0.1, 0.15) is 24.8 Å². The molecule has 1 aliphatic heterocycles. The van der Waals surface area contributed by atoms with Crippen molar-refractivity contribution in [1.29, 1.82) is 0 Å². The van der Waals surface area contributed by atoms with Gasteiger partial charge in [-0.05, 0) is 79.4 Å². The lowest BCUT2D eigenvalue weighted by Crippen LogP contribution is -2.48. The third-order valence-corrected chi connectivity index (χ3v) is 8.68. The molecule has 1 N–H and O–H groups in total. The molecule has 0 bridgehead atoms. The Morgan fingerprint density at radius 1 is 1.00 bits per heavy atom. The Hall–Kier alpha value is -3.73. The quantitative estimate of drug-likeness (QED) is 0.322. The highest BCUT2D eigenvalue weighted by molar-refractivity contribution is 7.89. The van der Waals surface area contributed by atoms with Crippen molar-refractivity contribution in [2.24, 2.45) is 0 Å². The fourth-order valence-electron chi connectivity index (χ4n) is 4.45. The lowest BCUT2D eigenvalue weighted by atomic mass is 10.1. The Bertz CT molecular complexity index is 1560. The minimum atomic E-state index is -4.00. The van der Waals surface area contributed by atoms with Gasteiger partial charge in [0.1, 0.15) is 11.8 Å². The SMILES string of the molecule is COc1cccc(-c2nnc(-c3ccc(CN([C@@H]4CCCCNC4=O)S(=O)(=O)c4ccc(Cl)cc4)cc3)o2)c1. The van der Waals surface area contributed by atoms with Gasteiger partial charge < -0.3 is 14.5 Å². The van der Waals surface area contributed by atoms with Crippen molar-refractivity contribution in [3.8, 4) is 28.7 Å². The van der Waals surface area contributed by atoms with Crippen LogP contribution >= 0.6 is 11.6 Å². The van der Waals surface area contributed by atoms with E-state index in [4.69, 9.17) is 20.8 Å². The van der Waals surface area contributed by atoms with Crippen LogP contribution < -0.4 is 10.1 Å². The van der Waals surface area contributed by atoms with E-state index < -0.39 is 16.1 Å². The number of aromatic nitrogens is 2. The van der Waals surface area contributed by atoms with Crippen LogP contribution in [0.2, 0.25) is 5.02 Å². The van der Waals surface area contributed by atoms with Crippen LogP contribution in [0.4, 0.5) is 0 Å². The second-order valence-corrected chi connectivity index (χ2v) is 11.5. The van der Waals surface area contributed by atoms with Gasteiger partial charge in [-0.1, -0.05) is 29.8 Å². The number of amides is 1. The summed E-state index contributed by atoms with van der Waals surface area (Å²) in [7, 11) is -2.41. The zero-order valence-corrected chi connectivity index (χ0v) is 22.8. The Morgan fingerprint density at radius 2 is 1.72 bits per heavy atom. The molecule has 0 aliphatic carbocycles. The summed E-state index contributed by atoms with van der Waals surface area (Å²) in [6.45, 7) is 0.545. The van der Waals surface area contributed by atoms with Crippen molar-refractivity contribution >= 4 is 27.5 Å². The fraction of sp³-hybridized carbons (Fsp3) is 0.250. The lowest BCUT2D eigenvalue weighted by Gasteiger charge is -2.29. The molecule has 202 valence electrons. The number of halogens is 1. The Kier molecular flexibility index (Phi) is 7.97. The second-order valence-electron chi connectivity index (χ2n) is 9.15. The van der Waals surface area contributed by atoms with Gasteiger partial charge in [0, 0.05) is 29.2 Å². The summed E-state index contributed by atoms with van der Waals surface area (Å²) >= 11 is 5.98. The van der Waals surface area contributed by atoms with Crippen molar-refractivity contribution in [3.05, 3.63) is 83.4 Å². The van der Waals surface area contributed by atoms with Crippen molar-refractivity contribution in [2.75, 3.05) is 13.7 Å². The number of sulfonamides is 1. The van der Waals surface area contributed by atoms with Crippen LogP contribution in [0.15, 0.2) is 82.1 Å². The Morgan fingerprint density at radius 3 is 2.44 bits per heavy atom. The molecule has 5 rings (SSSR count). The maximum Gasteiger partial charge on any atom is 0.248 e. The summed E-state index contributed by atoms with van der Waals surface area (Å²) in [5.41, 5.74) is 2.12. The molecule has 1 fully saturated rings. The molecule has 4 aromatic rings. The largest absolute Gasteiger partial charge is 0.497 e. The molecule has 1 atom stereocenters. The third-order valence-electron chi connectivity index (χ3n) is 6.56. The topological polar surface area (TPSA) is 115 Å². The summed E-state index contributed by atoms with van der Waals surface area (Å²) < 4.78 is 39.9. The highest BCUT2D eigenvalue weighted by Gasteiger charge is 2.36. The average molecular weight is 567 g/mol. The monoisotopic (exact) mass is 566 g/mol. The summed E-state index contributed by atoms with van der Waals surface area (Å²) in [6.07, 6.45) is 1.97. The molecule has 39 heavy (non-hydrogen) atoms. The molecule has 0 radical (unpaired) electrons. The Balaban J connectivity index is 1.41. The summed E-state index contributed by atoms with van der Waals surface area (Å²) in [6, 6.07) is 19.6. The number of carbonyl (C=O) groups excluding carboxylic acids is 1. The first kappa shape index (κ1) is 26.9. The van der Waals surface area contributed by atoms with E-state index in [1.54, 1.807) is 37.4 Å². The number of methoxy groups -OCH3 is 1. The van der Waals surface area contributed by atoms with Crippen LogP contribution in [-0.2, 0) is 21.4 Å². The van der Waals surface area contributed by atoms with Crippen molar-refractivity contribution in [2.45, 2.75) is 36.7 Å². The standard InChI is InChI=1S/C28H27ClN4O5S/c1-37-23-6-4-5-21(17-23)28-32-31-27(38-28)20-10-8-19(9-11-20)18-33(25-7-2-3-16-30-26(25)34)39(35,36)24-14-12-22(29)13-15-24/h4-6,8-15,17,25H,2-3,7,16,18H2,1H3,(H,30,34)/t25-/m1/s1. The van der Waals surface area contributed by atoms with Crippen LogP contribution in [0.3, 0.4) is 0 Å². The second kappa shape index (κ2) is 11.6. The molecule has 0 spiro atoms. The number of hydrogen-bond acceptors (Lipinski definition) is 7. The number of carbonyl (C=O) groups is 1. The maximum absolute atomic E-state index is 13.7. The highest BCUT2D eigenvalue weighted by atomic mass is 35.5. The molecule has 9 nitrogen and oxygen atoms in total. The minimum Gasteiger partial charge on any atom is -0.497 e. The number of benzene rings is 3. The third kappa shape index (κ3) is 5.98. The van der Waals surface area contributed by atoms with E-state index in [1.807, 2.05) is 18.2 Å². The van der Waals surface area contributed by atoms with Crippen LogP contribution in [0.25, 0.3) is 22.9 Å². The van der Waals surface area contributed by atoms with E-state index >= 15 is 0 Å². The molecule has 0 saturated carbocycles. The molecule has 0 unspecified atom stereocenters. The Labute approximate surface area is 231 Å². The number of nitrogens with one attached hydrogen (secondary N) is 1. The molecule has 2 heterocycles. The van der Waals surface area contributed by atoms with Gasteiger partial charge in [-0.25, -0.2) is 8.42 Å². The number of hydrogen-bond donors (Lipinski definition) is 1. The summed E-state index contributed by atoms with van der Waals surface area (Å²) in [5, 5.41) is 11.6. The number of nitrogens with zero attached hydrogens (tertiary/aromatic N) is 3. The minimum absolute atomic E-state index is 0.0161. The number of ether oxygens (including phenoxy) is 1. The molecular weight excluding hydrogens is 540 g/mol. The molecule has 1 aromatic heterocycles. The van der Waals surface area contributed by atoms with E-state index in [2.05, 4.69) is 15.5 Å². The predicted molar refractivity (Wildman–Crippen MR) is 147 cm³/mol. The van der Waals surface area contributed by atoms with Crippen LogP contribution in [0, 0.1) is 0 Å². The van der Waals surface area contributed by atoms with Crippen molar-refractivity contribution < 1.29 is 22.4 Å². The first-order valence-corrected chi connectivity index (χ1v) is 14.3. The zero-order valence-electron chi connectivity index (χ0n) is 21.2. The van der Waals surface area contributed by atoms with E-state index in [0.29, 0.717) is 46.6 Å². The molecule has 1 amide bonds. The van der Waals surface area contributed by atoms with Gasteiger partial charge >= 0.3 is 0 Å². The average Bonchev–Trinajstić information content (AvgIpc) is 3.35. The van der Waals surface area contributed by atoms with Gasteiger partial charge in [-0.2, -0.15) is 4.31 Å². The highest BCUT2D eigenvalue weighted by Crippen LogP contribution is 2.29. The molecule has 1 saturated heterocycles. The first-order valence-electron chi connectivity index (χ1n) is 12.5. The predicted octanol–water partition coefficient (Wildman–Crippen LogP) is 4.93. The van der Waals surface area contributed by atoms with Crippen molar-refractivity contribution in [3.63, 3.8) is 0 Å². The van der Waals surface area contributed by atoms with Crippen LogP contribution in [0.5, 0.6) is 5.75 Å². The van der Waals surface area contributed by atoms with Gasteiger partial charge in [0.25, 0.3) is 0 Å². The summed E-state index contributed by atoms with van der Waals surface area (Å²) in [5.74, 6) is 1.07. The molecule has 3 aromatic carbocycles. The van der Waals surface area contributed by atoms with Crippen molar-refractivity contribution in [1.82, 2.24) is 19.8 Å². The van der Waals surface area contributed by atoms with E-state index in [0.717, 1.165) is 18.4 Å². The van der Waals surface area contributed by atoms with Gasteiger partial charge in [0.05, 0.1) is 12.0 Å².